The van der Waals surface area contributed by atoms with E-state index in [0.717, 1.165) is 11.3 Å². The molecule has 3 rings (SSSR count). The van der Waals surface area contributed by atoms with Crippen molar-refractivity contribution < 1.29 is 18.7 Å². The van der Waals surface area contributed by atoms with Gasteiger partial charge >= 0.3 is 0 Å². The highest BCUT2D eigenvalue weighted by Gasteiger charge is 2.21. The van der Waals surface area contributed by atoms with Gasteiger partial charge in [-0.2, -0.15) is 0 Å². The first-order valence-electron chi connectivity index (χ1n) is 10.0. The number of amides is 2. The van der Waals surface area contributed by atoms with Gasteiger partial charge in [-0.05, 0) is 55.0 Å². The summed E-state index contributed by atoms with van der Waals surface area (Å²) in [6.45, 7) is 5.17. The Morgan fingerprint density at radius 1 is 1.03 bits per heavy atom. The van der Waals surface area contributed by atoms with Crippen LogP contribution in [0.2, 0.25) is 0 Å². The Bertz CT molecular complexity index is 874. The van der Waals surface area contributed by atoms with Gasteiger partial charge in [0.1, 0.15) is 11.6 Å². The van der Waals surface area contributed by atoms with Crippen LogP contribution < -0.4 is 10.1 Å². The molecule has 0 saturated carbocycles. The van der Waals surface area contributed by atoms with E-state index in [1.807, 2.05) is 36.1 Å². The number of nitrogens with one attached hydrogen (secondary N) is 1. The Morgan fingerprint density at radius 2 is 1.70 bits per heavy atom. The third-order valence-electron chi connectivity index (χ3n) is 4.79. The van der Waals surface area contributed by atoms with Crippen molar-refractivity contribution in [3.8, 4) is 5.75 Å². The summed E-state index contributed by atoms with van der Waals surface area (Å²) in [7, 11) is 0. The van der Waals surface area contributed by atoms with Crippen LogP contribution >= 0.6 is 0 Å². The van der Waals surface area contributed by atoms with Gasteiger partial charge < -0.3 is 15.0 Å². The molecule has 0 spiro atoms. The molecule has 1 N–H and O–H groups in total. The maximum atomic E-state index is 12.9. The van der Waals surface area contributed by atoms with E-state index in [-0.39, 0.29) is 24.2 Å². The summed E-state index contributed by atoms with van der Waals surface area (Å²) < 4.78 is 18.3. The minimum absolute atomic E-state index is 0.0423. The van der Waals surface area contributed by atoms with E-state index in [2.05, 4.69) is 5.32 Å². The van der Waals surface area contributed by atoms with E-state index < -0.39 is 0 Å². The fraction of sp³-hybridized carbons (Fsp3) is 0.304. The maximum Gasteiger partial charge on any atom is 0.246 e. The molecule has 0 aromatic heterocycles. The number of benzene rings is 2. The van der Waals surface area contributed by atoms with Crippen molar-refractivity contribution in [1.29, 1.82) is 0 Å². The summed E-state index contributed by atoms with van der Waals surface area (Å²) in [5.74, 6) is 0.266. The Hall–Kier alpha value is -3.19. The molecule has 2 aromatic rings. The van der Waals surface area contributed by atoms with Crippen molar-refractivity contribution >= 4 is 23.6 Å². The number of carbonyl (C=O) groups excluding carboxylic acids is 2. The third kappa shape index (κ3) is 6.42. The molecule has 1 saturated heterocycles. The summed E-state index contributed by atoms with van der Waals surface area (Å²) in [6.07, 6.45) is 3.37. The minimum Gasteiger partial charge on any atom is -0.494 e. The highest BCUT2D eigenvalue weighted by molar-refractivity contribution is 5.93. The molecule has 7 heteroatoms. The van der Waals surface area contributed by atoms with Crippen molar-refractivity contribution in [2.75, 3.05) is 44.6 Å². The van der Waals surface area contributed by atoms with E-state index in [1.54, 1.807) is 17.1 Å². The number of ether oxygens (including phenoxy) is 1. The molecule has 30 heavy (non-hydrogen) atoms. The average Bonchev–Trinajstić information content (AvgIpc) is 2.75. The van der Waals surface area contributed by atoms with Gasteiger partial charge in [0.25, 0.3) is 0 Å². The molecule has 0 unspecified atom stereocenters. The van der Waals surface area contributed by atoms with Crippen LogP contribution in [0.5, 0.6) is 5.75 Å². The Labute approximate surface area is 175 Å². The van der Waals surface area contributed by atoms with E-state index in [0.29, 0.717) is 38.5 Å². The van der Waals surface area contributed by atoms with Crippen LogP contribution in [-0.4, -0.2) is 60.9 Å². The second-order valence-corrected chi connectivity index (χ2v) is 6.99. The first-order valence-corrected chi connectivity index (χ1v) is 10.0. The predicted molar refractivity (Wildman–Crippen MR) is 115 cm³/mol. The molecule has 1 aliphatic rings. The summed E-state index contributed by atoms with van der Waals surface area (Å²) in [6, 6.07) is 13.2. The number of halogens is 1. The van der Waals surface area contributed by atoms with Crippen LogP contribution in [0.1, 0.15) is 12.5 Å². The second kappa shape index (κ2) is 10.5. The molecule has 2 aromatic carbocycles. The molecular weight excluding hydrogens is 385 g/mol. The van der Waals surface area contributed by atoms with Gasteiger partial charge in [-0.15, -0.1) is 0 Å². The van der Waals surface area contributed by atoms with Gasteiger partial charge in [-0.3, -0.25) is 14.5 Å². The fourth-order valence-electron chi connectivity index (χ4n) is 3.18. The van der Waals surface area contributed by atoms with E-state index in [9.17, 15) is 14.0 Å². The third-order valence-corrected chi connectivity index (χ3v) is 4.79. The molecule has 6 nitrogen and oxygen atoms in total. The summed E-state index contributed by atoms with van der Waals surface area (Å²) in [4.78, 5) is 28.4. The Morgan fingerprint density at radius 3 is 2.33 bits per heavy atom. The van der Waals surface area contributed by atoms with Gasteiger partial charge in [0.2, 0.25) is 11.8 Å². The number of hydrogen-bond acceptors (Lipinski definition) is 4. The number of carbonyl (C=O) groups is 2. The Kier molecular flexibility index (Phi) is 7.57. The minimum atomic E-state index is -0.342. The van der Waals surface area contributed by atoms with Crippen molar-refractivity contribution in [1.82, 2.24) is 9.80 Å². The zero-order valence-corrected chi connectivity index (χ0v) is 17.0. The SMILES string of the molecule is CCOc1ccc(/C=C/C(=O)N2CCN(CC(=O)Nc3ccc(F)cc3)CC2)cc1. The van der Waals surface area contributed by atoms with E-state index in [1.165, 1.54) is 24.3 Å². The van der Waals surface area contributed by atoms with Crippen LogP contribution in [0.25, 0.3) is 6.08 Å². The quantitative estimate of drug-likeness (QED) is 0.712. The molecule has 158 valence electrons. The number of nitrogens with zero attached hydrogens (tertiary/aromatic N) is 2. The first-order chi connectivity index (χ1) is 14.5. The van der Waals surface area contributed by atoms with Crippen molar-refractivity contribution in [2.24, 2.45) is 0 Å². The van der Waals surface area contributed by atoms with Gasteiger partial charge in [0.15, 0.2) is 0 Å². The summed E-state index contributed by atoms with van der Waals surface area (Å²) in [5, 5.41) is 2.75. The fourth-order valence-corrected chi connectivity index (χ4v) is 3.18. The standard InChI is InChI=1S/C23H26FN3O3/c1-2-30-21-10-3-18(4-11-21)5-12-23(29)27-15-13-26(14-16-27)17-22(28)25-20-8-6-19(24)7-9-20/h3-12H,2,13-17H2,1H3,(H,25,28)/b12-5+. The van der Waals surface area contributed by atoms with E-state index in [4.69, 9.17) is 4.74 Å². The van der Waals surface area contributed by atoms with Gasteiger partial charge in [-0.1, -0.05) is 12.1 Å². The lowest BCUT2D eigenvalue weighted by Gasteiger charge is -2.33. The molecule has 1 heterocycles. The monoisotopic (exact) mass is 411 g/mol. The van der Waals surface area contributed by atoms with Crippen LogP contribution in [0.3, 0.4) is 0 Å². The van der Waals surface area contributed by atoms with Gasteiger partial charge in [0.05, 0.1) is 13.2 Å². The average molecular weight is 411 g/mol. The molecular formula is C23H26FN3O3. The topological polar surface area (TPSA) is 61.9 Å². The van der Waals surface area contributed by atoms with Crippen LogP contribution in [-0.2, 0) is 9.59 Å². The van der Waals surface area contributed by atoms with Gasteiger partial charge in [-0.25, -0.2) is 4.39 Å². The molecule has 0 atom stereocenters. The number of anilines is 1. The first kappa shape index (κ1) is 21.5. The number of rotatable bonds is 7. The van der Waals surface area contributed by atoms with Crippen LogP contribution in [0, 0.1) is 5.82 Å². The number of hydrogen-bond donors (Lipinski definition) is 1. The van der Waals surface area contributed by atoms with E-state index >= 15 is 0 Å². The normalized spacial score (nSPS) is 14.7. The molecule has 0 aliphatic carbocycles. The van der Waals surface area contributed by atoms with Crippen LogP contribution in [0.4, 0.5) is 10.1 Å². The predicted octanol–water partition coefficient (Wildman–Crippen LogP) is 3.02. The summed E-state index contributed by atoms with van der Waals surface area (Å²) in [5.41, 5.74) is 1.50. The zero-order chi connectivity index (χ0) is 21.3. The lowest BCUT2D eigenvalue weighted by Crippen LogP contribution is -2.50. The van der Waals surface area contributed by atoms with Gasteiger partial charge in [0, 0.05) is 37.9 Å². The lowest BCUT2D eigenvalue weighted by atomic mass is 10.2. The van der Waals surface area contributed by atoms with Crippen molar-refractivity contribution in [3.63, 3.8) is 0 Å². The smallest absolute Gasteiger partial charge is 0.246 e. The Balaban J connectivity index is 1.42. The molecule has 0 bridgehead atoms. The molecule has 2 amide bonds. The maximum absolute atomic E-state index is 12.9. The van der Waals surface area contributed by atoms with Crippen molar-refractivity contribution in [3.05, 3.63) is 66.0 Å². The van der Waals surface area contributed by atoms with Crippen molar-refractivity contribution in [2.45, 2.75) is 6.92 Å². The number of piperazine rings is 1. The highest BCUT2D eigenvalue weighted by Crippen LogP contribution is 2.13. The molecule has 1 aliphatic heterocycles. The highest BCUT2D eigenvalue weighted by atomic mass is 19.1. The van der Waals surface area contributed by atoms with Crippen LogP contribution in [0.15, 0.2) is 54.6 Å². The second-order valence-electron chi connectivity index (χ2n) is 6.99. The molecule has 1 fully saturated rings. The summed E-state index contributed by atoms with van der Waals surface area (Å²) >= 11 is 0. The lowest BCUT2D eigenvalue weighted by molar-refractivity contribution is -0.127. The zero-order valence-electron chi connectivity index (χ0n) is 17.0. The molecule has 0 radical (unpaired) electrons. The largest absolute Gasteiger partial charge is 0.494 e.